The van der Waals surface area contributed by atoms with Crippen molar-refractivity contribution in [2.75, 3.05) is 5.32 Å². The van der Waals surface area contributed by atoms with Gasteiger partial charge in [-0.25, -0.2) is 5.43 Å². The average Bonchev–Trinajstić information content (AvgIpc) is 2.59. The van der Waals surface area contributed by atoms with Crippen molar-refractivity contribution in [3.05, 3.63) is 64.2 Å². The zero-order chi connectivity index (χ0) is 18.2. The number of hydrogen-bond donors (Lipinski definition) is 2. The summed E-state index contributed by atoms with van der Waals surface area (Å²) in [7, 11) is 0. The van der Waals surface area contributed by atoms with Gasteiger partial charge < -0.3 is 5.32 Å². The van der Waals surface area contributed by atoms with Gasteiger partial charge in [0.15, 0.2) is 0 Å². The van der Waals surface area contributed by atoms with E-state index < -0.39 is 0 Å². The summed E-state index contributed by atoms with van der Waals surface area (Å²) < 4.78 is 0. The molecule has 5 nitrogen and oxygen atoms in total. The second-order valence-corrected chi connectivity index (χ2v) is 6.07. The van der Waals surface area contributed by atoms with Crippen molar-refractivity contribution in [3.63, 3.8) is 0 Å². The largest absolute Gasteiger partial charge is 0.326 e. The predicted octanol–water partition coefficient (Wildman–Crippen LogP) is 3.83. The molecule has 0 aliphatic carbocycles. The molecular formula is C19H20ClN3O2. The monoisotopic (exact) mass is 357 g/mol. The van der Waals surface area contributed by atoms with Crippen LogP contribution in [0.15, 0.2) is 47.6 Å². The Morgan fingerprint density at radius 2 is 1.72 bits per heavy atom. The summed E-state index contributed by atoms with van der Waals surface area (Å²) in [5, 5.41) is 7.22. The Balaban J connectivity index is 1.76. The number of amides is 2. The van der Waals surface area contributed by atoms with Crippen LogP contribution in [0.5, 0.6) is 0 Å². The lowest BCUT2D eigenvalue weighted by Crippen LogP contribution is -2.20. The summed E-state index contributed by atoms with van der Waals surface area (Å²) in [6, 6.07) is 13.0. The molecule has 130 valence electrons. The highest BCUT2D eigenvalue weighted by molar-refractivity contribution is 6.31. The third kappa shape index (κ3) is 6.04. The van der Waals surface area contributed by atoms with Crippen molar-refractivity contribution >= 4 is 35.3 Å². The maximum atomic E-state index is 11.9. The average molecular weight is 358 g/mol. The first-order valence-corrected chi connectivity index (χ1v) is 8.27. The van der Waals surface area contributed by atoms with E-state index in [0.29, 0.717) is 10.7 Å². The molecule has 0 unspecified atom stereocenters. The van der Waals surface area contributed by atoms with Gasteiger partial charge in [-0.2, -0.15) is 5.10 Å². The van der Waals surface area contributed by atoms with Crippen LogP contribution in [0, 0.1) is 13.8 Å². The van der Waals surface area contributed by atoms with Gasteiger partial charge in [-0.3, -0.25) is 9.59 Å². The Morgan fingerprint density at radius 3 is 2.44 bits per heavy atom. The highest BCUT2D eigenvalue weighted by Gasteiger charge is 2.09. The van der Waals surface area contributed by atoms with E-state index in [1.54, 1.807) is 24.4 Å². The molecule has 2 rings (SSSR count). The lowest BCUT2D eigenvalue weighted by atomic mass is 10.2. The molecule has 2 amide bonds. The number of hydrogen-bond acceptors (Lipinski definition) is 3. The van der Waals surface area contributed by atoms with Crippen LogP contribution >= 0.6 is 11.6 Å². The Morgan fingerprint density at radius 1 is 1.04 bits per heavy atom. The molecule has 0 spiro atoms. The summed E-state index contributed by atoms with van der Waals surface area (Å²) in [6.45, 7) is 3.82. The number of nitrogens with one attached hydrogen (secondary N) is 2. The first-order valence-electron chi connectivity index (χ1n) is 7.89. The number of hydrazone groups is 1. The molecule has 0 radical (unpaired) electrons. The lowest BCUT2D eigenvalue weighted by molar-refractivity contribution is -0.124. The standard InChI is InChI=1S/C19H20ClN3O2/c1-13-6-8-15(9-7-13)12-21-23-19(25)11-10-18(24)22-17-5-3-4-16(20)14(17)2/h3-9,12H,10-11H2,1-2H3,(H,22,24)(H,23,25). The Hall–Kier alpha value is -2.66. The fraction of sp³-hybridized carbons (Fsp3) is 0.211. The molecule has 0 saturated heterocycles. The van der Waals surface area contributed by atoms with E-state index in [4.69, 9.17) is 11.6 Å². The number of aryl methyl sites for hydroxylation is 1. The Labute approximate surface area is 152 Å². The van der Waals surface area contributed by atoms with Crippen LogP contribution in [0.3, 0.4) is 0 Å². The topological polar surface area (TPSA) is 70.6 Å². The van der Waals surface area contributed by atoms with Gasteiger partial charge >= 0.3 is 0 Å². The minimum Gasteiger partial charge on any atom is -0.326 e. The molecule has 25 heavy (non-hydrogen) atoms. The second kappa shape index (κ2) is 8.99. The van der Waals surface area contributed by atoms with Crippen LogP contribution in [0.4, 0.5) is 5.69 Å². The summed E-state index contributed by atoms with van der Waals surface area (Å²) in [6.07, 6.45) is 1.68. The van der Waals surface area contributed by atoms with Gasteiger partial charge in [-0.15, -0.1) is 0 Å². The van der Waals surface area contributed by atoms with Crippen LogP contribution in [-0.4, -0.2) is 18.0 Å². The molecule has 0 atom stereocenters. The quantitative estimate of drug-likeness (QED) is 0.609. The van der Waals surface area contributed by atoms with Crippen molar-refractivity contribution in [1.29, 1.82) is 0 Å². The van der Waals surface area contributed by atoms with Gasteiger partial charge in [0.1, 0.15) is 0 Å². The normalized spacial score (nSPS) is 10.7. The number of rotatable bonds is 6. The van der Waals surface area contributed by atoms with Gasteiger partial charge in [0.25, 0.3) is 0 Å². The number of anilines is 1. The van der Waals surface area contributed by atoms with E-state index in [9.17, 15) is 9.59 Å². The maximum absolute atomic E-state index is 11.9. The molecule has 2 N–H and O–H groups in total. The number of benzene rings is 2. The Bertz CT molecular complexity index is 786. The number of nitrogens with zero attached hydrogens (tertiary/aromatic N) is 1. The van der Waals surface area contributed by atoms with Gasteiger partial charge in [0.05, 0.1) is 6.21 Å². The van der Waals surface area contributed by atoms with Gasteiger partial charge in [-0.1, -0.05) is 47.5 Å². The van der Waals surface area contributed by atoms with E-state index in [2.05, 4.69) is 15.8 Å². The smallest absolute Gasteiger partial charge is 0.240 e. The molecule has 0 bridgehead atoms. The molecule has 0 fully saturated rings. The number of halogens is 1. The first-order chi connectivity index (χ1) is 12.0. The zero-order valence-corrected chi connectivity index (χ0v) is 14.9. The summed E-state index contributed by atoms with van der Waals surface area (Å²) in [5.74, 6) is -0.565. The van der Waals surface area contributed by atoms with Crippen LogP contribution in [0.1, 0.15) is 29.5 Å². The number of carbonyl (C=O) groups is 2. The second-order valence-electron chi connectivity index (χ2n) is 5.66. The van der Waals surface area contributed by atoms with E-state index >= 15 is 0 Å². The molecule has 0 aliphatic heterocycles. The molecule has 0 aliphatic rings. The van der Waals surface area contributed by atoms with E-state index in [0.717, 1.165) is 16.7 Å². The third-order valence-corrected chi connectivity index (χ3v) is 4.01. The van der Waals surface area contributed by atoms with Crippen molar-refractivity contribution in [2.24, 2.45) is 5.10 Å². The summed E-state index contributed by atoms with van der Waals surface area (Å²) in [4.78, 5) is 23.7. The van der Waals surface area contributed by atoms with Crippen molar-refractivity contribution in [3.8, 4) is 0 Å². The fourth-order valence-electron chi connectivity index (χ4n) is 2.07. The summed E-state index contributed by atoms with van der Waals surface area (Å²) in [5.41, 5.74) is 5.90. The molecule has 0 saturated carbocycles. The van der Waals surface area contributed by atoms with Crippen molar-refractivity contribution in [1.82, 2.24) is 5.43 Å². The summed E-state index contributed by atoms with van der Waals surface area (Å²) >= 11 is 6.01. The maximum Gasteiger partial charge on any atom is 0.240 e. The fourth-order valence-corrected chi connectivity index (χ4v) is 2.24. The zero-order valence-electron chi connectivity index (χ0n) is 14.2. The first kappa shape index (κ1) is 18.7. The molecule has 2 aromatic carbocycles. The molecule has 0 heterocycles. The third-order valence-electron chi connectivity index (χ3n) is 3.60. The molecule has 2 aromatic rings. The van der Waals surface area contributed by atoms with Crippen LogP contribution < -0.4 is 10.7 Å². The lowest BCUT2D eigenvalue weighted by Gasteiger charge is -2.09. The van der Waals surface area contributed by atoms with Gasteiger partial charge in [0, 0.05) is 23.6 Å². The van der Waals surface area contributed by atoms with Gasteiger partial charge in [0.2, 0.25) is 11.8 Å². The van der Waals surface area contributed by atoms with Crippen LogP contribution in [-0.2, 0) is 9.59 Å². The van der Waals surface area contributed by atoms with Gasteiger partial charge in [-0.05, 0) is 37.1 Å². The predicted molar refractivity (Wildman–Crippen MR) is 101 cm³/mol. The highest BCUT2D eigenvalue weighted by atomic mass is 35.5. The van der Waals surface area contributed by atoms with Crippen molar-refractivity contribution < 1.29 is 9.59 Å². The van der Waals surface area contributed by atoms with Crippen LogP contribution in [0.2, 0.25) is 5.02 Å². The SMILES string of the molecule is Cc1ccc(C=NNC(=O)CCC(=O)Nc2cccc(Cl)c2C)cc1. The van der Waals surface area contributed by atoms with Crippen molar-refractivity contribution in [2.45, 2.75) is 26.7 Å². The molecule has 0 aromatic heterocycles. The number of carbonyl (C=O) groups excluding carboxylic acids is 2. The van der Waals surface area contributed by atoms with Crippen LogP contribution in [0.25, 0.3) is 0 Å². The Kier molecular flexibility index (Phi) is 6.71. The highest BCUT2D eigenvalue weighted by Crippen LogP contribution is 2.23. The molecule has 6 heteroatoms. The van der Waals surface area contributed by atoms with E-state index in [1.807, 2.05) is 38.1 Å². The van der Waals surface area contributed by atoms with E-state index in [-0.39, 0.29) is 24.7 Å². The minimum atomic E-state index is -0.318. The van der Waals surface area contributed by atoms with E-state index in [1.165, 1.54) is 0 Å². The molecular weight excluding hydrogens is 338 g/mol. The minimum absolute atomic E-state index is 0.0523.